The van der Waals surface area contributed by atoms with Crippen molar-refractivity contribution in [2.24, 2.45) is 0 Å². The largest absolute Gasteiger partial charge is 0.455 e. The Hall–Kier alpha value is -2.69. The van der Waals surface area contributed by atoms with Gasteiger partial charge in [-0.1, -0.05) is 42.5 Å². The van der Waals surface area contributed by atoms with Gasteiger partial charge in [-0.05, 0) is 46.1 Å². The van der Waals surface area contributed by atoms with Gasteiger partial charge >= 0.3 is 0 Å². The van der Waals surface area contributed by atoms with E-state index in [4.69, 9.17) is 27.6 Å². The Morgan fingerprint density at radius 3 is 2.32 bits per heavy atom. The first-order valence-electron chi connectivity index (χ1n) is 7.61. The van der Waals surface area contributed by atoms with Crippen molar-refractivity contribution in [1.82, 2.24) is 15.0 Å². The molecule has 0 amide bonds. The van der Waals surface area contributed by atoms with Gasteiger partial charge in [-0.25, -0.2) is 0 Å². The standard InChI is InChI=1S/C19H9Cl2N3O/c20-18-22-17(23-19(21)24-18)13-7-3-6-12-15-11-5-2-1-4-10(11)8-9-14(15)25-16(12)13/h1-9H. The summed E-state index contributed by atoms with van der Waals surface area (Å²) in [6.07, 6.45) is 0. The van der Waals surface area contributed by atoms with Gasteiger partial charge in [-0.2, -0.15) is 15.0 Å². The summed E-state index contributed by atoms with van der Waals surface area (Å²) in [5.41, 5.74) is 2.24. The third-order valence-corrected chi connectivity index (χ3v) is 4.55. The van der Waals surface area contributed by atoms with Crippen molar-refractivity contribution in [2.75, 3.05) is 0 Å². The quantitative estimate of drug-likeness (QED) is 0.371. The van der Waals surface area contributed by atoms with E-state index in [1.807, 2.05) is 36.4 Å². The molecule has 0 unspecified atom stereocenters. The zero-order valence-corrected chi connectivity index (χ0v) is 14.2. The van der Waals surface area contributed by atoms with Crippen molar-refractivity contribution in [3.63, 3.8) is 0 Å². The monoisotopic (exact) mass is 365 g/mol. The molecule has 0 aliphatic heterocycles. The summed E-state index contributed by atoms with van der Waals surface area (Å²) in [6, 6.07) is 18.1. The highest BCUT2D eigenvalue weighted by molar-refractivity contribution is 6.31. The molecule has 0 saturated carbocycles. The van der Waals surface area contributed by atoms with E-state index in [1.54, 1.807) is 0 Å². The molecule has 4 nitrogen and oxygen atoms in total. The Kier molecular flexibility index (Phi) is 3.17. The van der Waals surface area contributed by atoms with Crippen LogP contribution < -0.4 is 0 Å². The molecule has 120 valence electrons. The van der Waals surface area contributed by atoms with Crippen LogP contribution in [0.3, 0.4) is 0 Å². The lowest BCUT2D eigenvalue weighted by Crippen LogP contribution is -1.93. The lowest BCUT2D eigenvalue weighted by atomic mass is 10.0. The molecule has 2 heterocycles. The summed E-state index contributed by atoms with van der Waals surface area (Å²) in [5, 5.41) is 4.47. The maximum Gasteiger partial charge on any atom is 0.227 e. The number of hydrogen-bond donors (Lipinski definition) is 0. The molecule has 0 spiro atoms. The number of halogens is 2. The van der Waals surface area contributed by atoms with Gasteiger partial charge < -0.3 is 4.42 Å². The van der Waals surface area contributed by atoms with Crippen molar-refractivity contribution < 1.29 is 4.42 Å². The molecule has 0 radical (unpaired) electrons. The third kappa shape index (κ3) is 2.26. The average molecular weight is 366 g/mol. The number of rotatable bonds is 1. The van der Waals surface area contributed by atoms with Crippen LogP contribution in [0.5, 0.6) is 0 Å². The molecular weight excluding hydrogens is 357 g/mol. The highest BCUT2D eigenvalue weighted by Gasteiger charge is 2.16. The third-order valence-electron chi connectivity index (χ3n) is 4.21. The Morgan fingerprint density at radius 2 is 1.48 bits per heavy atom. The van der Waals surface area contributed by atoms with Crippen LogP contribution in [0.2, 0.25) is 10.6 Å². The summed E-state index contributed by atoms with van der Waals surface area (Å²) in [7, 11) is 0. The lowest BCUT2D eigenvalue weighted by molar-refractivity contribution is 0.669. The summed E-state index contributed by atoms with van der Waals surface area (Å²) in [4.78, 5) is 12.2. The normalized spacial score (nSPS) is 11.6. The molecule has 2 aromatic heterocycles. The van der Waals surface area contributed by atoms with E-state index in [2.05, 4.69) is 33.2 Å². The minimum Gasteiger partial charge on any atom is -0.455 e. The molecule has 5 rings (SSSR count). The Labute approximate surface area is 152 Å². The van der Waals surface area contributed by atoms with E-state index in [0.717, 1.165) is 32.7 Å². The second-order valence-electron chi connectivity index (χ2n) is 5.64. The number of para-hydroxylation sites is 1. The van der Waals surface area contributed by atoms with E-state index < -0.39 is 0 Å². The molecule has 0 saturated heterocycles. The molecular formula is C19H9Cl2N3O. The topological polar surface area (TPSA) is 51.8 Å². The molecule has 0 aliphatic rings. The molecule has 6 heteroatoms. The first-order valence-corrected chi connectivity index (χ1v) is 8.37. The zero-order chi connectivity index (χ0) is 17.0. The second kappa shape index (κ2) is 5.41. The first-order chi connectivity index (χ1) is 12.2. The number of fused-ring (bicyclic) bond motifs is 5. The number of hydrogen-bond acceptors (Lipinski definition) is 4. The molecule has 3 aromatic carbocycles. The van der Waals surface area contributed by atoms with Crippen LogP contribution in [0, 0.1) is 0 Å². The van der Waals surface area contributed by atoms with Crippen LogP contribution in [-0.2, 0) is 0 Å². The van der Waals surface area contributed by atoms with Gasteiger partial charge in [0.15, 0.2) is 5.82 Å². The van der Waals surface area contributed by atoms with E-state index in [-0.39, 0.29) is 10.6 Å². The highest BCUT2D eigenvalue weighted by Crippen LogP contribution is 2.38. The second-order valence-corrected chi connectivity index (χ2v) is 6.32. The van der Waals surface area contributed by atoms with Gasteiger partial charge in [-0.15, -0.1) is 0 Å². The van der Waals surface area contributed by atoms with Gasteiger partial charge in [0.1, 0.15) is 11.2 Å². The van der Waals surface area contributed by atoms with E-state index in [9.17, 15) is 0 Å². The van der Waals surface area contributed by atoms with Crippen molar-refractivity contribution in [3.05, 3.63) is 65.2 Å². The van der Waals surface area contributed by atoms with Crippen molar-refractivity contribution >= 4 is 55.9 Å². The van der Waals surface area contributed by atoms with Crippen LogP contribution in [0.1, 0.15) is 0 Å². The number of benzene rings is 3. The van der Waals surface area contributed by atoms with Crippen LogP contribution in [0.15, 0.2) is 59.0 Å². The summed E-state index contributed by atoms with van der Waals surface area (Å²) in [5.74, 6) is 0.388. The van der Waals surface area contributed by atoms with E-state index >= 15 is 0 Å². The number of aromatic nitrogens is 3. The van der Waals surface area contributed by atoms with Crippen LogP contribution >= 0.6 is 23.2 Å². The smallest absolute Gasteiger partial charge is 0.227 e. The van der Waals surface area contributed by atoms with Crippen molar-refractivity contribution in [1.29, 1.82) is 0 Å². The maximum atomic E-state index is 6.14. The Balaban J connectivity index is 1.92. The van der Waals surface area contributed by atoms with E-state index in [0.29, 0.717) is 11.4 Å². The maximum absolute atomic E-state index is 6.14. The molecule has 0 aliphatic carbocycles. The fourth-order valence-corrected chi connectivity index (χ4v) is 3.55. The summed E-state index contributed by atoms with van der Waals surface area (Å²) >= 11 is 11.9. The first kappa shape index (κ1) is 14.6. The molecule has 0 fully saturated rings. The van der Waals surface area contributed by atoms with Gasteiger partial charge in [0.2, 0.25) is 10.6 Å². The Bertz CT molecular complexity index is 1260. The predicted octanol–water partition coefficient (Wildman–Crippen LogP) is 5.90. The predicted molar refractivity (Wildman–Crippen MR) is 100 cm³/mol. The Morgan fingerprint density at radius 1 is 0.720 bits per heavy atom. The van der Waals surface area contributed by atoms with Gasteiger partial charge in [0.05, 0.1) is 5.56 Å². The fraction of sp³-hybridized carbons (Fsp3) is 0. The molecule has 0 bridgehead atoms. The van der Waals surface area contributed by atoms with Crippen molar-refractivity contribution in [3.8, 4) is 11.4 Å². The van der Waals surface area contributed by atoms with Gasteiger partial charge in [0.25, 0.3) is 0 Å². The molecule has 25 heavy (non-hydrogen) atoms. The molecule has 0 atom stereocenters. The minimum atomic E-state index is 0.0496. The zero-order valence-electron chi connectivity index (χ0n) is 12.7. The van der Waals surface area contributed by atoms with E-state index in [1.165, 1.54) is 0 Å². The SMILES string of the molecule is Clc1nc(Cl)nc(-c2cccc3c2oc2ccc4ccccc4c23)n1. The average Bonchev–Trinajstić information content (AvgIpc) is 3.00. The van der Waals surface area contributed by atoms with Crippen LogP contribution in [0.25, 0.3) is 44.1 Å². The number of nitrogens with zero attached hydrogens (tertiary/aromatic N) is 3. The fourth-order valence-electron chi connectivity index (χ4n) is 3.19. The molecule has 0 N–H and O–H groups in total. The summed E-state index contributed by atoms with van der Waals surface area (Å²) in [6.45, 7) is 0. The minimum absolute atomic E-state index is 0.0496. The van der Waals surface area contributed by atoms with Crippen LogP contribution in [0.4, 0.5) is 0 Å². The number of furan rings is 1. The summed E-state index contributed by atoms with van der Waals surface area (Å²) < 4.78 is 6.14. The van der Waals surface area contributed by atoms with Gasteiger partial charge in [-0.3, -0.25) is 0 Å². The van der Waals surface area contributed by atoms with Gasteiger partial charge in [0, 0.05) is 10.8 Å². The lowest BCUT2D eigenvalue weighted by Gasteiger charge is -2.02. The van der Waals surface area contributed by atoms with Crippen molar-refractivity contribution in [2.45, 2.75) is 0 Å². The molecule has 5 aromatic rings. The van der Waals surface area contributed by atoms with Crippen LogP contribution in [-0.4, -0.2) is 15.0 Å². The highest BCUT2D eigenvalue weighted by atomic mass is 35.5.